The average Bonchev–Trinajstić information content (AvgIpc) is 3.45. The van der Waals surface area contributed by atoms with E-state index in [0.717, 1.165) is 5.56 Å². The molecule has 1 aromatic heterocycles. The number of nitrogens with zero attached hydrogens (tertiary/aromatic N) is 6. The molecule has 2 heterocycles. The molecule has 41 heavy (non-hydrogen) atoms. The fourth-order valence-electron chi connectivity index (χ4n) is 4.57. The molecule has 2 aromatic carbocycles. The van der Waals surface area contributed by atoms with Gasteiger partial charge in [0.15, 0.2) is 0 Å². The van der Waals surface area contributed by atoms with E-state index < -0.39 is 22.2 Å². The van der Waals surface area contributed by atoms with Gasteiger partial charge in [-0.3, -0.25) is 9.59 Å². The van der Waals surface area contributed by atoms with Gasteiger partial charge >= 0.3 is 0 Å². The van der Waals surface area contributed by atoms with Gasteiger partial charge in [-0.05, 0) is 54.6 Å². The minimum atomic E-state index is -3.80. The summed E-state index contributed by atoms with van der Waals surface area (Å²) in [5, 5.41) is 23.3. The summed E-state index contributed by atoms with van der Waals surface area (Å²) in [4.78, 5) is 27.7. The highest BCUT2D eigenvalue weighted by Gasteiger charge is 2.33. The van der Waals surface area contributed by atoms with Crippen molar-refractivity contribution >= 4 is 27.5 Å². The Morgan fingerprint density at radius 3 is 2.63 bits per heavy atom. The van der Waals surface area contributed by atoms with Gasteiger partial charge in [0.05, 0.1) is 30.5 Å². The summed E-state index contributed by atoms with van der Waals surface area (Å²) in [5.41, 5.74) is 1.92. The number of aliphatic hydroxyl groups excluding tert-OH is 1. The molecule has 4 rings (SSSR count). The number of amides is 2. The van der Waals surface area contributed by atoms with Gasteiger partial charge < -0.3 is 20.1 Å². The first-order chi connectivity index (χ1) is 19.5. The van der Waals surface area contributed by atoms with E-state index in [-0.39, 0.29) is 55.3 Å². The van der Waals surface area contributed by atoms with Crippen LogP contribution in [-0.4, -0.2) is 93.6 Å². The van der Waals surface area contributed by atoms with Gasteiger partial charge in [-0.25, -0.2) is 13.1 Å². The average molecular weight is 586 g/mol. The van der Waals surface area contributed by atoms with Crippen LogP contribution in [0.15, 0.2) is 53.7 Å². The number of nitrogens with one attached hydrogen (secondary N) is 1. The molecule has 1 aliphatic rings. The lowest BCUT2D eigenvalue weighted by atomic mass is 10.0. The summed E-state index contributed by atoms with van der Waals surface area (Å²) in [6, 6.07) is 11.2. The van der Waals surface area contributed by atoms with Crippen LogP contribution in [0.25, 0.3) is 0 Å². The molecule has 2 N–H and O–H groups in total. The first-order valence-corrected chi connectivity index (χ1v) is 14.7. The molecule has 14 heteroatoms. The molecule has 3 aromatic rings. The van der Waals surface area contributed by atoms with Crippen LogP contribution in [-0.2, 0) is 32.6 Å². The van der Waals surface area contributed by atoms with E-state index in [0.29, 0.717) is 17.0 Å². The van der Waals surface area contributed by atoms with Gasteiger partial charge in [0.25, 0.3) is 0 Å². The maximum atomic E-state index is 13.4. The van der Waals surface area contributed by atoms with E-state index in [1.165, 1.54) is 22.4 Å². The van der Waals surface area contributed by atoms with Crippen molar-refractivity contribution in [2.24, 2.45) is 5.92 Å². The largest absolute Gasteiger partial charge is 0.488 e. The fourth-order valence-corrected chi connectivity index (χ4v) is 5.75. The number of fused-ring (bicyclic) bond motifs is 1. The third kappa shape index (κ3) is 7.26. The zero-order chi connectivity index (χ0) is 29.7. The summed E-state index contributed by atoms with van der Waals surface area (Å²) < 4.78 is 35.6. The number of anilines is 1. The predicted octanol–water partition coefficient (Wildman–Crippen LogP) is 1.09. The summed E-state index contributed by atoms with van der Waals surface area (Å²) in [6.45, 7) is 5.48. The van der Waals surface area contributed by atoms with Crippen molar-refractivity contribution in [3.8, 4) is 5.75 Å². The number of ether oxygens (including phenoxy) is 1. The van der Waals surface area contributed by atoms with Gasteiger partial charge in [0.2, 0.25) is 21.8 Å². The molecule has 0 unspecified atom stereocenters. The Balaban J connectivity index is 1.62. The van der Waals surface area contributed by atoms with Gasteiger partial charge in [0.1, 0.15) is 24.7 Å². The molecule has 3 atom stereocenters. The van der Waals surface area contributed by atoms with Crippen molar-refractivity contribution in [3.63, 3.8) is 0 Å². The Morgan fingerprint density at radius 1 is 1.24 bits per heavy atom. The summed E-state index contributed by atoms with van der Waals surface area (Å²) in [5.74, 6) is -0.460. The standard InChI is InChI=1S/C27H35N7O6S/c1-18-5-8-23(9-6-18)41(38,39)32(4)14-25-19(2)13-34(20(3)16-35)27(37)12-21-11-22(7-10-24(21)40-25)29-26(36)15-33-17-28-30-31-33/h5-11,17,19-20,25,35H,12-16H2,1-4H3,(H,29,36)/t19-,20+,25+/m1/s1. The van der Waals surface area contributed by atoms with E-state index in [1.807, 2.05) is 13.8 Å². The molecule has 0 saturated heterocycles. The lowest BCUT2D eigenvalue weighted by Crippen LogP contribution is -2.48. The highest BCUT2D eigenvalue weighted by atomic mass is 32.2. The fraction of sp³-hybridized carbons (Fsp3) is 0.444. The molecule has 1 aliphatic heterocycles. The quantitative estimate of drug-likeness (QED) is 0.375. The molecule has 0 bridgehead atoms. The second-order valence-corrected chi connectivity index (χ2v) is 12.4. The van der Waals surface area contributed by atoms with Gasteiger partial charge in [-0.2, -0.15) is 4.31 Å². The van der Waals surface area contributed by atoms with E-state index in [2.05, 4.69) is 20.8 Å². The van der Waals surface area contributed by atoms with Crippen LogP contribution in [0.2, 0.25) is 0 Å². The number of likely N-dealkylation sites (N-methyl/N-ethyl adjacent to an activating group) is 1. The number of hydrogen-bond acceptors (Lipinski definition) is 9. The zero-order valence-electron chi connectivity index (χ0n) is 23.5. The van der Waals surface area contributed by atoms with Crippen molar-refractivity contribution in [2.75, 3.05) is 32.1 Å². The lowest BCUT2D eigenvalue weighted by molar-refractivity contribution is -0.134. The molecular formula is C27H35N7O6S. The maximum absolute atomic E-state index is 13.4. The number of aryl methyl sites for hydroxylation is 1. The normalized spacial score (nSPS) is 18.6. The minimum Gasteiger partial charge on any atom is -0.488 e. The number of aliphatic hydroxyl groups is 1. The minimum absolute atomic E-state index is 0.0246. The Bertz CT molecular complexity index is 1460. The topological polar surface area (TPSA) is 160 Å². The molecule has 0 radical (unpaired) electrons. The molecule has 0 saturated carbocycles. The summed E-state index contributed by atoms with van der Waals surface area (Å²) >= 11 is 0. The van der Waals surface area contributed by atoms with E-state index in [9.17, 15) is 23.1 Å². The van der Waals surface area contributed by atoms with Crippen LogP contribution < -0.4 is 10.1 Å². The number of carbonyl (C=O) groups is 2. The van der Waals surface area contributed by atoms with Crippen LogP contribution in [0.3, 0.4) is 0 Å². The predicted molar refractivity (Wildman–Crippen MR) is 149 cm³/mol. The number of tetrazole rings is 1. The first-order valence-electron chi connectivity index (χ1n) is 13.2. The van der Waals surface area contributed by atoms with Crippen molar-refractivity contribution in [2.45, 2.75) is 50.8 Å². The van der Waals surface area contributed by atoms with Gasteiger partial charge in [0, 0.05) is 30.8 Å². The number of carbonyl (C=O) groups excluding carboxylic acids is 2. The van der Waals surface area contributed by atoms with Crippen LogP contribution in [0.4, 0.5) is 5.69 Å². The van der Waals surface area contributed by atoms with E-state index >= 15 is 0 Å². The SMILES string of the molecule is Cc1ccc(S(=O)(=O)N(C)C[C@@H]2Oc3ccc(NC(=O)Cn4cnnn4)cc3CC(=O)N([C@@H](C)CO)C[C@H]2C)cc1. The van der Waals surface area contributed by atoms with Crippen molar-refractivity contribution in [1.29, 1.82) is 0 Å². The van der Waals surface area contributed by atoms with Crippen LogP contribution in [0.5, 0.6) is 5.75 Å². The first kappa shape index (κ1) is 30.1. The lowest BCUT2D eigenvalue weighted by Gasteiger charge is -2.33. The highest BCUT2D eigenvalue weighted by Crippen LogP contribution is 2.30. The second-order valence-electron chi connectivity index (χ2n) is 10.4. The van der Waals surface area contributed by atoms with E-state index in [4.69, 9.17) is 4.74 Å². The molecule has 220 valence electrons. The number of benzene rings is 2. The molecule has 2 amide bonds. The Kier molecular flexibility index (Phi) is 9.35. The van der Waals surface area contributed by atoms with Crippen molar-refractivity contribution in [3.05, 3.63) is 59.9 Å². The third-order valence-corrected chi connectivity index (χ3v) is 8.90. The van der Waals surface area contributed by atoms with Crippen molar-refractivity contribution in [1.82, 2.24) is 29.4 Å². The monoisotopic (exact) mass is 585 g/mol. The number of rotatable bonds is 9. The van der Waals surface area contributed by atoms with Crippen LogP contribution >= 0.6 is 0 Å². The zero-order valence-corrected chi connectivity index (χ0v) is 24.3. The third-order valence-electron chi connectivity index (χ3n) is 7.06. The molecular weight excluding hydrogens is 550 g/mol. The van der Waals surface area contributed by atoms with Gasteiger partial charge in [-0.1, -0.05) is 24.6 Å². The molecule has 13 nitrogen and oxygen atoms in total. The summed E-state index contributed by atoms with van der Waals surface area (Å²) in [6.07, 6.45) is 0.663. The van der Waals surface area contributed by atoms with Gasteiger partial charge in [-0.15, -0.1) is 5.10 Å². The number of aromatic nitrogens is 4. The summed E-state index contributed by atoms with van der Waals surface area (Å²) in [7, 11) is -2.30. The molecule has 0 fully saturated rings. The Labute approximate surface area is 239 Å². The van der Waals surface area contributed by atoms with Crippen LogP contribution in [0.1, 0.15) is 25.0 Å². The van der Waals surface area contributed by atoms with E-state index in [1.54, 1.807) is 54.3 Å². The number of sulfonamides is 1. The maximum Gasteiger partial charge on any atom is 0.246 e. The Hall–Kier alpha value is -3.88. The highest BCUT2D eigenvalue weighted by molar-refractivity contribution is 7.89. The van der Waals surface area contributed by atoms with Crippen molar-refractivity contribution < 1.29 is 27.9 Å². The Morgan fingerprint density at radius 2 is 1.98 bits per heavy atom. The molecule has 0 aliphatic carbocycles. The van der Waals surface area contributed by atoms with Crippen LogP contribution in [0, 0.1) is 12.8 Å². The number of hydrogen-bond donors (Lipinski definition) is 2. The molecule has 0 spiro atoms. The smallest absolute Gasteiger partial charge is 0.246 e. The second kappa shape index (κ2) is 12.7.